The van der Waals surface area contributed by atoms with Crippen LogP contribution in [-0.4, -0.2) is 69.0 Å². The van der Waals surface area contributed by atoms with Crippen LogP contribution in [0.2, 0.25) is 0 Å². The Morgan fingerprint density at radius 3 is 2.09 bits per heavy atom. The summed E-state index contributed by atoms with van der Waals surface area (Å²) in [6.07, 6.45) is 1.51. The van der Waals surface area contributed by atoms with Gasteiger partial charge in [0.05, 0.1) is 6.04 Å². The molecular formula is C31H40N6O7. The number of fused-ring (bicyclic) bond motifs is 1. The molecule has 10 N–H and O–H groups in total. The number of carboxylic acid groups (broad SMARTS) is 1. The van der Waals surface area contributed by atoms with Crippen molar-refractivity contribution < 1.29 is 34.2 Å². The molecule has 0 aliphatic heterocycles. The van der Waals surface area contributed by atoms with E-state index in [1.165, 1.54) is 12.1 Å². The van der Waals surface area contributed by atoms with Crippen molar-refractivity contribution in [3.05, 3.63) is 65.9 Å². The molecule has 44 heavy (non-hydrogen) atoms. The lowest BCUT2D eigenvalue weighted by Gasteiger charge is -2.25. The Morgan fingerprint density at radius 2 is 1.45 bits per heavy atom. The Hall–Kier alpha value is -4.91. The van der Waals surface area contributed by atoms with E-state index in [9.17, 15) is 34.2 Å². The van der Waals surface area contributed by atoms with Crippen LogP contribution in [0, 0.1) is 5.92 Å². The van der Waals surface area contributed by atoms with Gasteiger partial charge in [-0.3, -0.25) is 19.2 Å². The zero-order chi connectivity index (χ0) is 32.4. The van der Waals surface area contributed by atoms with Crippen molar-refractivity contribution in [2.45, 2.75) is 70.1 Å². The van der Waals surface area contributed by atoms with Gasteiger partial charge in [-0.05, 0) is 48.1 Å². The molecule has 0 saturated heterocycles. The lowest BCUT2D eigenvalue weighted by atomic mass is 10.0. The van der Waals surface area contributed by atoms with Gasteiger partial charge in [-0.1, -0.05) is 44.2 Å². The first kappa shape index (κ1) is 33.6. The average Bonchev–Trinajstić information content (AvgIpc) is 3.37. The number of nitrogens with two attached hydrogens (primary N) is 2. The number of carbonyl (C=O) groups excluding carboxylic acids is 4. The smallest absolute Gasteiger partial charge is 0.326 e. The first-order chi connectivity index (χ1) is 20.8. The van der Waals surface area contributed by atoms with Crippen molar-refractivity contribution in [3.63, 3.8) is 0 Å². The quantitative estimate of drug-likeness (QED) is 0.116. The number of aromatic hydroxyl groups is 1. The first-order valence-corrected chi connectivity index (χ1v) is 14.3. The van der Waals surface area contributed by atoms with E-state index in [2.05, 4.69) is 20.9 Å². The summed E-state index contributed by atoms with van der Waals surface area (Å²) < 4.78 is 0. The summed E-state index contributed by atoms with van der Waals surface area (Å²) in [4.78, 5) is 66.6. The standard InChI is InChI=1S/C31H40N6O7/c1-17(2)13-22(32)28(40)36-25(14-18-7-9-20(38)10-8-18)30(42)35-24(11-12-27(33)39)29(41)37-26(31(43)44)15-19-16-34-23-6-4-3-5-21(19)23/h3-10,16-17,22,24-26,34,38H,11-15,32H2,1-2H3,(H2,33,39)(H,35,42)(H,36,40)(H,37,41)(H,43,44). The second kappa shape index (κ2) is 15.5. The molecule has 13 nitrogen and oxygen atoms in total. The first-order valence-electron chi connectivity index (χ1n) is 14.3. The van der Waals surface area contributed by atoms with Crippen molar-refractivity contribution in [2.75, 3.05) is 0 Å². The molecule has 3 aromatic rings. The highest BCUT2D eigenvalue weighted by Crippen LogP contribution is 2.19. The SMILES string of the molecule is CC(C)CC(N)C(=O)NC(Cc1ccc(O)cc1)C(=O)NC(CCC(N)=O)C(=O)NC(Cc1c[nH]c2ccccc12)C(=O)O. The molecule has 0 radical (unpaired) electrons. The molecule has 0 spiro atoms. The van der Waals surface area contributed by atoms with Crippen LogP contribution in [0.5, 0.6) is 5.75 Å². The van der Waals surface area contributed by atoms with E-state index in [1.54, 1.807) is 18.3 Å². The molecule has 13 heteroatoms. The van der Waals surface area contributed by atoms with Crippen LogP contribution in [0.15, 0.2) is 54.7 Å². The molecule has 1 heterocycles. The predicted molar refractivity (Wildman–Crippen MR) is 163 cm³/mol. The number of para-hydroxylation sites is 1. The molecule has 236 valence electrons. The van der Waals surface area contributed by atoms with Crippen LogP contribution in [0.25, 0.3) is 10.9 Å². The number of aromatic amines is 1. The molecule has 4 amide bonds. The summed E-state index contributed by atoms with van der Waals surface area (Å²) in [7, 11) is 0. The van der Waals surface area contributed by atoms with E-state index >= 15 is 0 Å². The second-order valence-corrected chi connectivity index (χ2v) is 11.2. The number of benzene rings is 2. The van der Waals surface area contributed by atoms with Gasteiger partial charge in [-0.15, -0.1) is 0 Å². The van der Waals surface area contributed by atoms with Crippen LogP contribution in [-0.2, 0) is 36.8 Å². The van der Waals surface area contributed by atoms with Gasteiger partial charge in [-0.25, -0.2) is 4.79 Å². The number of carboxylic acids is 1. The van der Waals surface area contributed by atoms with E-state index in [0.29, 0.717) is 17.5 Å². The number of carbonyl (C=O) groups is 5. The number of phenolic OH excluding ortho intramolecular Hbond substituents is 1. The zero-order valence-electron chi connectivity index (χ0n) is 24.7. The van der Waals surface area contributed by atoms with E-state index in [4.69, 9.17) is 11.5 Å². The molecule has 0 fully saturated rings. The Bertz CT molecular complexity index is 1470. The minimum atomic E-state index is -1.35. The number of primary amides is 1. The summed E-state index contributed by atoms with van der Waals surface area (Å²) in [5.41, 5.74) is 13.4. The third kappa shape index (κ3) is 9.83. The highest BCUT2D eigenvalue weighted by Gasteiger charge is 2.31. The molecule has 4 atom stereocenters. The van der Waals surface area contributed by atoms with Crippen LogP contribution >= 0.6 is 0 Å². The van der Waals surface area contributed by atoms with E-state index in [-0.39, 0.29) is 37.4 Å². The summed E-state index contributed by atoms with van der Waals surface area (Å²) >= 11 is 0. The zero-order valence-corrected chi connectivity index (χ0v) is 24.7. The van der Waals surface area contributed by atoms with Gasteiger partial charge in [0.2, 0.25) is 23.6 Å². The number of H-pyrrole nitrogens is 1. The lowest BCUT2D eigenvalue weighted by Crippen LogP contribution is -2.58. The van der Waals surface area contributed by atoms with E-state index < -0.39 is 53.8 Å². The lowest BCUT2D eigenvalue weighted by molar-refractivity contribution is -0.142. The molecule has 0 aliphatic carbocycles. The van der Waals surface area contributed by atoms with Crippen molar-refractivity contribution in [1.82, 2.24) is 20.9 Å². The Balaban J connectivity index is 1.81. The molecule has 0 saturated carbocycles. The summed E-state index contributed by atoms with van der Waals surface area (Å²) in [5, 5.41) is 28.0. The fraction of sp³-hybridized carbons (Fsp3) is 0.387. The number of rotatable bonds is 16. The van der Waals surface area contributed by atoms with Gasteiger partial charge in [0.25, 0.3) is 0 Å². The largest absolute Gasteiger partial charge is 0.508 e. The summed E-state index contributed by atoms with van der Waals surface area (Å²) in [5.74, 6) is -4.04. The molecule has 0 bridgehead atoms. The maximum atomic E-state index is 13.5. The Morgan fingerprint density at radius 1 is 0.841 bits per heavy atom. The topological polar surface area (TPSA) is 230 Å². The number of aromatic nitrogens is 1. The minimum Gasteiger partial charge on any atom is -0.508 e. The fourth-order valence-corrected chi connectivity index (χ4v) is 4.79. The number of phenols is 1. The predicted octanol–water partition coefficient (Wildman–Crippen LogP) is 0.837. The monoisotopic (exact) mass is 608 g/mol. The average molecular weight is 609 g/mol. The van der Waals surface area contributed by atoms with Gasteiger partial charge in [0.15, 0.2) is 0 Å². The number of hydrogen-bond donors (Lipinski definition) is 8. The molecule has 3 rings (SSSR count). The van der Waals surface area contributed by atoms with Crippen LogP contribution in [0.4, 0.5) is 0 Å². The van der Waals surface area contributed by atoms with Crippen molar-refractivity contribution >= 4 is 40.5 Å². The molecule has 1 aromatic heterocycles. The van der Waals surface area contributed by atoms with Gasteiger partial charge >= 0.3 is 5.97 Å². The minimum absolute atomic E-state index is 0.00523. The van der Waals surface area contributed by atoms with Crippen LogP contribution < -0.4 is 27.4 Å². The van der Waals surface area contributed by atoms with Crippen molar-refractivity contribution in [3.8, 4) is 5.75 Å². The highest BCUT2D eigenvalue weighted by atomic mass is 16.4. The molecule has 2 aromatic carbocycles. The summed E-state index contributed by atoms with van der Waals surface area (Å²) in [6, 6.07) is 8.56. The number of hydrogen-bond acceptors (Lipinski definition) is 7. The number of aliphatic carboxylic acids is 1. The van der Waals surface area contributed by atoms with Gasteiger partial charge in [-0.2, -0.15) is 0 Å². The molecular weight excluding hydrogens is 568 g/mol. The summed E-state index contributed by atoms with van der Waals surface area (Å²) in [6.45, 7) is 3.80. The fourth-order valence-electron chi connectivity index (χ4n) is 4.79. The Kier molecular flexibility index (Phi) is 11.9. The van der Waals surface area contributed by atoms with Crippen LogP contribution in [0.3, 0.4) is 0 Å². The number of amides is 4. The maximum absolute atomic E-state index is 13.5. The van der Waals surface area contributed by atoms with E-state index in [0.717, 1.165) is 10.9 Å². The van der Waals surface area contributed by atoms with Gasteiger partial charge in [0, 0.05) is 36.4 Å². The maximum Gasteiger partial charge on any atom is 0.326 e. The highest BCUT2D eigenvalue weighted by molar-refractivity contribution is 5.94. The van der Waals surface area contributed by atoms with Crippen molar-refractivity contribution in [1.29, 1.82) is 0 Å². The van der Waals surface area contributed by atoms with Crippen LogP contribution in [0.1, 0.15) is 44.2 Å². The van der Waals surface area contributed by atoms with E-state index in [1.807, 2.05) is 38.1 Å². The molecule has 4 unspecified atom stereocenters. The molecule has 0 aliphatic rings. The third-order valence-electron chi connectivity index (χ3n) is 7.10. The van der Waals surface area contributed by atoms with Gasteiger partial charge < -0.3 is 42.6 Å². The second-order valence-electron chi connectivity index (χ2n) is 11.2. The Labute approximate surface area is 254 Å². The third-order valence-corrected chi connectivity index (χ3v) is 7.10. The number of nitrogens with one attached hydrogen (secondary N) is 4. The normalized spacial score (nSPS) is 13.9. The van der Waals surface area contributed by atoms with Gasteiger partial charge in [0.1, 0.15) is 23.9 Å². The van der Waals surface area contributed by atoms with Crippen molar-refractivity contribution in [2.24, 2.45) is 17.4 Å².